The van der Waals surface area contributed by atoms with Crippen molar-refractivity contribution in [3.05, 3.63) is 188 Å². The molecule has 3 nitrogen and oxygen atoms in total. The Labute approximate surface area is 284 Å². The molecule has 0 saturated heterocycles. The van der Waals surface area contributed by atoms with Gasteiger partial charge in [-0.15, -0.1) is 6.58 Å². The van der Waals surface area contributed by atoms with E-state index >= 15 is 0 Å². The van der Waals surface area contributed by atoms with Crippen molar-refractivity contribution in [2.24, 2.45) is 0 Å². The highest BCUT2D eigenvalue weighted by Crippen LogP contribution is 2.44. The average molecular weight is 618 g/mol. The molecule has 6 aromatic carbocycles. The number of anilines is 8. The normalized spacial score (nSPS) is 13.2. The summed E-state index contributed by atoms with van der Waals surface area (Å²) >= 11 is 0. The van der Waals surface area contributed by atoms with Crippen LogP contribution < -0.4 is 31.1 Å². The van der Waals surface area contributed by atoms with Crippen molar-refractivity contribution in [2.45, 2.75) is 13.3 Å². The summed E-state index contributed by atoms with van der Waals surface area (Å²) in [4.78, 5) is 7.24. The second-order valence-corrected chi connectivity index (χ2v) is 12.1. The van der Waals surface area contributed by atoms with E-state index < -0.39 is 0 Å². The summed E-state index contributed by atoms with van der Waals surface area (Å²) in [6.45, 7) is 6.16. The molecule has 2 heterocycles. The van der Waals surface area contributed by atoms with Crippen LogP contribution in [0.1, 0.15) is 13.3 Å². The molecule has 2 aliphatic heterocycles. The largest absolute Gasteiger partial charge is 0.312 e. The summed E-state index contributed by atoms with van der Waals surface area (Å²) in [5, 5.41) is 0. The van der Waals surface area contributed by atoms with Crippen molar-refractivity contribution < 1.29 is 0 Å². The lowest BCUT2D eigenvalue weighted by Crippen LogP contribution is -2.61. The Kier molecular flexibility index (Phi) is 7.76. The second kappa shape index (κ2) is 12.7. The molecular formula is C44H36BN3. The SMILES string of the molecule is C=CC/C=C(\C=C/C)N1c2ccccc2B2c3ccc(N(c4ccccc4)c4ccccc4)cc3N(c3ccccc3)c3cccc1c32. The van der Waals surface area contributed by atoms with Gasteiger partial charge in [-0.25, -0.2) is 0 Å². The predicted octanol–water partition coefficient (Wildman–Crippen LogP) is 9.94. The van der Waals surface area contributed by atoms with Crippen LogP contribution >= 0.6 is 0 Å². The first-order valence-electron chi connectivity index (χ1n) is 16.6. The summed E-state index contributed by atoms with van der Waals surface area (Å²) in [5.74, 6) is 0. The molecule has 0 spiro atoms. The molecule has 2 aliphatic rings. The van der Waals surface area contributed by atoms with E-state index in [0.717, 1.165) is 34.9 Å². The smallest absolute Gasteiger partial charge is 0.252 e. The van der Waals surface area contributed by atoms with Crippen LogP contribution in [0.25, 0.3) is 0 Å². The fraction of sp³-hybridized carbons (Fsp3) is 0.0455. The van der Waals surface area contributed by atoms with E-state index in [4.69, 9.17) is 0 Å². The van der Waals surface area contributed by atoms with Crippen LogP contribution in [0.2, 0.25) is 0 Å². The minimum Gasteiger partial charge on any atom is -0.312 e. The zero-order valence-corrected chi connectivity index (χ0v) is 27.1. The van der Waals surface area contributed by atoms with Gasteiger partial charge in [0.25, 0.3) is 6.71 Å². The molecule has 0 fully saturated rings. The highest BCUT2D eigenvalue weighted by Gasteiger charge is 2.43. The molecular weight excluding hydrogens is 581 g/mol. The van der Waals surface area contributed by atoms with Crippen LogP contribution in [0.4, 0.5) is 45.5 Å². The third kappa shape index (κ3) is 4.94. The minimum atomic E-state index is 0.0702. The van der Waals surface area contributed by atoms with Gasteiger partial charge >= 0.3 is 0 Å². The van der Waals surface area contributed by atoms with Gasteiger partial charge in [-0.3, -0.25) is 0 Å². The molecule has 0 N–H and O–H groups in total. The van der Waals surface area contributed by atoms with Crippen LogP contribution in [0.3, 0.4) is 0 Å². The molecule has 8 rings (SSSR count). The highest BCUT2D eigenvalue weighted by molar-refractivity contribution is 7.00. The lowest BCUT2D eigenvalue weighted by Gasteiger charge is -2.44. The van der Waals surface area contributed by atoms with E-state index in [1.165, 1.54) is 39.1 Å². The fourth-order valence-corrected chi connectivity index (χ4v) is 7.35. The maximum absolute atomic E-state index is 4.00. The summed E-state index contributed by atoms with van der Waals surface area (Å²) in [5.41, 5.74) is 14.3. The van der Waals surface area contributed by atoms with E-state index in [-0.39, 0.29) is 6.71 Å². The van der Waals surface area contributed by atoms with Gasteiger partial charge in [0.1, 0.15) is 0 Å². The molecule has 4 heteroatoms. The van der Waals surface area contributed by atoms with E-state index in [1.54, 1.807) is 0 Å². The standard InChI is InChI=1S/C44H36BN3/c1-3-5-19-33(18-4-2)47-40-27-16-15-26-38(40)45-39-31-30-37(46(34-20-9-6-10-21-34)35-22-11-7-12-23-35)32-43(39)48(36-24-13-8-14-25-36)42-29-17-28-41(47)44(42)45/h3-4,6-32H,1,5H2,2H3/b18-4-,33-19+. The quantitative estimate of drug-likeness (QED) is 0.0955. The highest BCUT2D eigenvalue weighted by atomic mass is 15.2. The molecule has 0 unspecified atom stereocenters. The van der Waals surface area contributed by atoms with Crippen molar-refractivity contribution in [3.63, 3.8) is 0 Å². The van der Waals surface area contributed by atoms with Gasteiger partial charge in [-0.05, 0) is 103 Å². The Balaban J connectivity index is 1.40. The molecule has 230 valence electrons. The van der Waals surface area contributed by atoms with E-state index in [1.807, 2.05) is 6.08 Å². The van der Waals surface area contributed by atoms with E-state index in [9.17, 15) is 0 Å². The molecule has 0 bridgehead atoms. The Morgan fingerprint density at radius 2 is 1.23 bits per heavy atom. The van der Waals surface area contributed by atoms with Crippen molar-refractivity contribution in [2.75, 3.05) is 14.7 Å². The number of fused-ring (bicyclic) bond motifs is 4. The van der Waals surface area contributed by atoms with Crippen molar-refractivity contribution in [1.29, 1.82) is 0 Å². The molecule has 6 aromatic rings. The van der Waals surface area contributed by atoms with E-state index in [0.29, 0.717) is 0 Å². The van der Waals surface area contributed by atoms with Gasteiger partial charge in [-0.2, -0.15) is 0 Å². The summed E-state index contributed by atoms with van der Waals surface area (Å²) in [7, 11) is 0. The van der Waals surface area contributed by atoms with Crippen molar-refractivity contribution in [3.8, 4) is 0 Å². The van der Waals surface area contributed by atoms with Crippen molar-refractivity contribution in [1.82, 2.24) is 0 Å². The first-order valence-corrected chi connectivity index (χ1v) is 16.6. The van der Waals surface area contributed by atoms with Gasteiger partial charge in [0, 0.05) is 51.2 Å². The predicted molar refractivity (Wildman–Crippen MR) is 207 cm³/mol. The number of hydrogen-bond donors (Lipinski definition) is 0. The lowest BCUT2D eigenvalue weighted by molar-refractivity contribution is 1.17. The summed E-state index contributed by atoms with van der Waals surface area (Å²) in [6.07, 6.45) is 9.35. The number of allylic oxidation sites excluding steroid dienone is 4. The Morgan fingerprint density at radius 1 is 0.625 bits per heavy atom. The maximum Gasteiger partial charge on any atom is 0.252 e. The first-order chi connectivity index (χ1) is 23.8. The second-order valence-electron chi connectivity index (χ2n) is 12.1. The number of para-hydroxylation sites is 4. The molecule has 0 radical (unpaired) electrons. The average Bonchev–Trinajstić information content (AvgIpc) is 3.15. The number of hydrogen-bond acceptors (Lipinski definition) is 3. The number of rotatable bonds is 8. The topological polar surface area (TPSA) is 9.72 Å². The van der Waals surface area contributed by atoms with E-state index in [2.05, 4.69) is 198 Å². The Morgan fingerprint density at radius 3 is 1.92 bits per heavy atom. The number of benzene rings is 6. The van der Waals surface area contributed by atoms with Crippen molar-refractivity contribution >= 4 is 68.6 Å². The molecule has 0 aliphatic carbocycles. The van der Waals surface area contributed by atoms with Crippen LogP contribution in [0.5, 0.6) is 0 Å². The first kappa shape index (κ1) is 29.4. The third-order valence-corrected chi connectivity index (χ3v) is 9.28. The monoisotopic (exact) mass is 617 g/mol. The number of nitrogens with zero attached hydrogens (tertiary/aromatic N) is 3. The lowest BCUT2D eigenvalue weighted by atomic mass is 9.33. The zero-order chi connectivity index (χ0) is 32.5. The van der Waals surface area contributed by atoms with Gasteiger partial charge in [0.2, 0.25) is 0 Å². The van der Waals surface area contributed by atoms with Crippen LogP contribution in [-0.4, -0.2) is 6.71 Å². The molecule has 0 atom stereocenters. The zero-order valence-electron chi connectivity index (χ0n) is 27.1. The Hall–Kier alpha value is -6.00. The summed E-state index contributed by atoms with van der Waals surface area (Å²) < 4.78 is 0. The van der Waals surface area contributed by atoms with Crippen LogP contribution in [0, 0.1) is 0 Å². The van der Waals surface area contributed by atoms with Gasteiger partial charge in [0.15, 0.2) is 0 Å². The molecule has 0 aromatic heterocycles. The Bertz CT molecular complexity index is 2120. The molecule has 0 saturated carbocycles. The van der Waals surface area contributed by atoms with Gasteiger partial charge in [0.05, 0.1) is 0 Å². The summed E-state index contributed by atoms with van der Waals surface area (Å²) in [6, 6.07) is 54.8. The van der Waals surface area contributed by atoms with Gasteiger partial charge in [-0.1, -0.05) is 103 Å². The van der Waals surface area contributed by atoms with Gasteiger partial charge < -0.3 is 14.7 Å². The molecule has 0 amide bonds. The van der Waals surface area contributed by atoms with Crippen LogP contribution in [-0.2, 0) is 0 Å². The van der Waals surface area contributed by atoms with Crippen LogP contribution in [0.15, 0.2) is 188 Å². The minimum absolute atomic E-state index is 0.0702. The molecule has 48 heavy (non-hydrogen) atoms. The fourth-order valence-electron chi connectivity index (χ4n) is 7.35. The third-order valence-electron chi connectivity index (χ3n) is 9.28. The maximum atomic E-state index is 4.00.